The number of carbonyl (C=O) groups excluding carboxylic acids is 1. The summed E-state index contributed by atoms with van der Waals surface area (Å²) in [5, 5.41) is 0. The SMILES string of the molecule is CCOC(=O)/C(C)=C/c1ccco1. The van der Waals surface area contributed by atoms with Crippen LogP contribution in [0.1, 0.15) is 19.6 Å². The van der Waals surface area contributed by atoms with Gasteiger partial charge in [-0.1, -0.05) is 0 Å². The van der Waals surface area contributed by atoms with Gasteiger partial charge in [0.1, 0.15) is 5.76 Å². The molecular weight excluding hydrogens is 168 g/mol. The predicted octanol–water partition coefficient (Wildman–Crippen LogP) is 2.25. The van der Waals surface area contributed by atoms with E-state index in [1.807, 2.05) is 0 Å². The average Bonchev–Trinajstić information content (AvgIpc) is 2.57. The van der Waals surface area contributed by atoms with Crippen LogP contribution < -0.4 is 0 Å². The van der Waals surface area contributed by atoms with Gasteiger partial charge in [-0.15, -0.1) is 0 Å². The Bertz CT molecular complexity index is 296. The first-order valence-corrected chi connectivity index (χ1v) is 4.13. The molecule has 0 fully saturated rings. The fourth-order valence-electron chi connectivity index (χ4n) is 0.891. The zero-order chi connectivity index (χ0) is 9.68. The van der Waals surface area contributed by atoms with Crippen molar-refractivity contribution in [3.8, 4) is 0 Å². The molecule has 3 heteroatoms. The van der Waals surface area contributed by atoms with Crippen molar-refractivity contribution < 1.29 is 13.9 Å². The van der Waals surface area contributed by atoms with Crippen molar-refractivity contribution in [3.05, 3.63) is 29.7 Å². The lowest BCUT2D eigenvalue weighted by Crippen LogP contribution is -2.04. The third-order valence-corrected chi connectivity index (χ3v) is 1.50. The second-order valence-electron chi connectivity index (χ2n) is 2.56. The summed E-state index contributed by atoms with van der Waals surface area (Å²) in [6, 6.07) is 3.55. The van der Waals surface area contributed by atoms with Crippen molar-refractivity contribution in [2.24, 2.45) is 0 Å². The summed E-state index contributed by atoms with van der Waals surface area (Å²) >= 11 is 0. The molecule has 70 valence electrons. The Morgan fingerprint density at radius 2 is 2.46 bits per heavy atom. The lowest BCUT2D eigenvalue weighted by Gasteiger charge is -1.99. The zero-order valence-corrected chi connectivity index (χ0v) is 7.74. The minimum atomic E-state index is -0.307. The lowest BCUT2D eigenvalue weighted by molar-refractivity contribution is -0.138. The van der Waals surface area contributed by atoms with Crippen LogP contribution in [0.3, 0.4) is 0 Å². The Morgan fingerprint density at radius 1 is 1.69 bits per heavy atom. The smallest absolute Gasteiger partial charge is 0.333 e. The molecule has 0 saturated heterocycles. The van der Waals surface area contributed by atoms with E-state index in [1.165, 1.54) is 0 Å². The molecule has 0 aliphatic rings. The number of esters is 1. The molecule has 1 heterocycles. The van der Waals surface area contributed by atoms with Crippen molar-refractivity contribution in [1.29, 1.82) is 0 Å². The van der Waals surface area contributed by atoms with Gasteiger partial charge >= 0.3 is 5.97 Å². The van der Waals surface area contributed by atoms with Gasteiger partial charge in [-0.25, -0.2) is 4.79 Å². The normalized spacial score (nSPS) is 11.4. The van der Waals surface area contributed by atoms with E-state index >= 15 is 0 Å². The number of hydrogen-bond donors (Lipinski definition) is 0. The van der Waals surface area contributed by atoms with E-state index in [0.29, 0.717) is 17.9 Å². The second-order valence-corrected chi connectivity index (χ2v) is 2.56. The summed E-state index contributed by atoms with van der Waals surface area (Å²) in [5.74, 6) is 0.351. The number of furan rings is 1. The number of hydrogen-bond acceptors (Lipinski definition) is 3. The summed E-state index contributed by atoms with van der Waals surface area (Å²) < 4.78 is 9.85. The Hall–Kier alpha value is -1.51. The molecule has 0 saturated carbocycles. The maximum atomic E-state index is 11.1. The summed E-state index contributed by atoms with van der Waals surface area (Å²) in [6.45, 7) is 3.86. The van der Waals surface area contributed by atoms with E-state index in [-0.39, 0.29) is 5.97 Å². The minimum Gasteiger partial charge on any atom is -0.465 e. The van der Waals surface area contributed by atoms with Crippen LogP contribution in [0, 0.1) is 0 Å². The van der Waals surface area contributed by atoms with Gasteiger partial charge in [0.25, 0.3) is 0 Å². The van der Waals surface area contributed by atoms with Gasteiger partial charge in [0.2, 0.25) is 0 Å². The fraction of sp³-hybridized carbons (Fsp3) is 0.300. The molecular formula is C10H12O3. The van der Waals surface area contributed by atoms with Crippen LogP contribution in [0.2, 0.25) is 0 Å². The molecule has 0 unspecified atom stereocenters. The van der Waals surface area contributed by atoms with Crippen molar-refractivity contribution in [2.75, 3.05) is 6.61 Å². The molecule has 0 amide bonds. The summed E-state index contributed by atoms with van der Waals surface area (Å²) in [6.07, 6.45) is 3.21. The first-order valence-electron chi connectivity index (χ1n) is 4.13. The van der Waals surface area contributed by atoms with Gasteiger partial charge in [-0.2, -0.15) is 0 Å². The van der Waals surface area contributed by atoms with E-state index in [9.17, 15) is 4.79 Å². The molecule has 13 heavy (non-hydrogen) atoms. The van der Waals surface area contributed by atoms with Gasteiger partial charge < -0.3 is 9.15 Å². The second kappa shape index (κ2) is 4.50. The van der Waals surface area contributed by atoms with Crippen LogP contribution in [0.5, 0.6) is 0 Å². The highest BCUT2D eigenvalue weighted by atomic mass is 16.5. The van der Waals surface area contributed by atoms with E-state index in [4.69, 9.17) is 9.15 Å². The van der Waals surface area contributed by atoms with Crippen LogP contribution in [0.25, 0.3) is 6.08 Å². The van der Waals surface area contributed by atoms with Crippen LogP contribution in [-0.2, 0) is 9.53 Å². The molecule has 1 aromatic heterocycles. The molecule has 1 aromatic rings. The summed E-state index contributed by atoms with van der Waals surface area (Å²) in [7, 11) is 0. The minimum absolute atomic E-state index is 0.307. The number of carbonyl (C=O) groups is 1. The highest BCUT2D eigenvalue weighted by molar-refractivity contribution is 5.92. The molecule has 0 aromatic carbocycles. The molecule has 0 aliphatic heterocycles. The van der Waals surface area contributed by atoms with Crippen molar-refractivity contribution in [3.63, 3.8) is 0 Å². The molecule has 0 atom stereocenters. The molecule has 3 nitrogen and oxygen atoms in total. The van der Waals surface area contributed by atoms with Gasteiger partial charge in [-0.05, 0) is 32.1 Å². The van der Waals surface area contributed by atoms with Crippen LogP contribution >= 0.6 is 0 Å². The monoisotopic (exact) mass is 180 g/mol. The number of ether oxygens (including phenoxy) is 1. The predicted molar refractivity (Wildman–Crippen MR) is 49.0 cm³/mol. The van der Waals surface area contributed by atoms with Crippen molar-refractivity contribution in [1.82, 2.24) is 0 Å². The molecule has 1 rings (SSSR count). The van der Waals surface area contributed by atoms with Gasteiger partial charge in [0.05, 0.1) is 12.9 Å². The summed E-state index contributed by atoms with van der Waals surface area (Å²) in [5.41, 5.74) is 0.539. The Labute approximate surface area is 77.0 Å². The third-order valence-electron chi connectivity index (χ3n) is 1.50. The molecule has 0 N–H and O–H groups in total. The lowest BCUT2D eigenvalue weighted by atomic mass is 10.2. The average molecular weight is 180 g/mol. The first-order chi connectivity index (χ1) is 6.24. The Balaban J connectivity index is 2.66. The van der Waals surface area contributed by atoms with Crippen LogP contribution in [0.4, 0.5) is 0 Å². The van der Waals surface area contributed by atoms with Crippen LogP contribution in [-0.4, -0.2) is 12.6 Å². The standard InChI is InChI=1S/C10H12O3/c1-3-12-10(11)8(2)7-9-5-4-6-13-9/h4-7H,3H2,1-2H3/b8-7+. The molecule has 0 aliphatic carbocycles. The van der Waals surface area contributed by atoms with Gasteiger partial charge in [0, 0.05) is 5.57 Å². The number of rotatable bonds is 3. The maximum Gasteiger partial charge on any atom is 0.333 e. The quantitative estimate of drug-likeness (QED) is 0.529. The molecule has 0 spiro atoms. The van der Waals surface area contributed by atoms with Gasteiger partial charge in [-0.3, -0.25) is 0 Å². The van der Waals surface area contributed by atoms with Gasteiger partial charge in [0.15, 0.2) is 0 Å². The Morgan fingerprint density at radius 3 is 3.00 bits per heavy atom. The fourth-order valence-corrected chi connectivity index (χ4v) is 0.891. The van der Waals surface area contributed by atoms with E-state index in [0.717, 1.165) is 0 Å². The van der Waals surface area contributed by atoms with E-state index in [2.05, 4.69) is 0 Å². The topological polar surface area (TPSA) is 39.4 Å². The van der Waals surface area contributed by atoms with E-state index in [1.54, 1.807) is 38.3 Å². The molecule has 0 bridgehead atoms. The van der Waals surface area contributed by atoms with Crippen molar-refractivity contribution >= 4 is 12.0 Å². The maximum absolute atomic E-state index is 11.1. The Kier molecular flexibility index (Phi) is 3.31. The van der Waals surface area contributed by atoms with Crippen LogP contribution in [0.15, 0.2) is 28.4 Å². The highest BCUT2D eigenvalue weighted by Crippen LogP contribution is 2.07. The molecule has 0 radical (unpaired) electrons. The third kappa shape index (κ3) is 2.78. The first kappa shape index (κ1) is 9.58. The van der Waals surface area contributed by atoms with Crippen molar-refractivity contribution in [2.45, 2.75) is 13.8 Å². The zero-order valence-electron chi connectivity index (χ0n) is 7.74. The largest absolute Gasteiger partial charge is 0.465 e. The highest BCUT2D eigenvalue weighted by Gasteiger charge is 2.04. The van der Waals surface area contributed by atoms with E-state index < -0.39 is 0 Å². The summed E-state index contributed by atoms with van der Waals surface area (Å²) in [4.78, 5) is 11.1.